The van der Waals surface area contributed by atoms with Gasteiger partial charge in [-0.25, -0.2) is 17.5 Å². The average Bonchev–Trinajstić information content (AvgIpc) is 3.23. The molecule has 2 N–H and O–H groups in total. The van der Waals surface area contributed by atoms with Crippen LogP contribution in [-0.4, -0.2) is 24.5 Å². The second-order valence-corrected chi connectivity index (χ2v) is 9.73. The van der Waals surface area contributed by atoms with Crippen molar-refractivity contribution >= 4 is 33.0 Å². The molecular formula is C20H19FN4O3S2. The molecule has 0 saturated carbocycles. The summed E-state index contributed by atoms with van der Waals surface area (Å²) in [4.78, 5) is 12.4. The third-order valence-corrected chi connectivity index (χ3v) is 7.15. The van der Waals surface area contributed by atoms with Gasteiger partial charge >= 0.3 is 0 Å². The Balaban J connectivity index is 1.41. The van der Waals surface area contributed by atoms with Crippen molar-refractivity contribution in [2.75, 3.05) is 5.32 Å². The number of aryl methyl sites for hydroxylation is 2. The highest BCUT2D eigenvalue weighted by molar-refractivity contribution is 7.89. The highest BCUT2D eigenvalue weighted by atomic mass is 32.2. The molecule has 1 aliphatic rings. The topological polar surface area (TPSA) is 101 Å². The first-order valence-corrected chi connectivity index (χ1v) is 11.7. The highest BCUT2D eigenvalue weighted by Crippen LogP contribution is 2.24. The van der Waals surface area contributed by atoms with Crippen molar-refractivity contribution < 1.29 is 17.6 Å². The Hall–Kier alpha value is -2.69. The Kier molecular flexibility index (Phi) is 5.89. The van der Waals surface area contributed by atoms with E-state index in [-0.39, 0.29) is 22.1 Å². The third kappa shape index (κ3) is 4.55. The zero-order valence-electron chi connectivity index (χ0n) is 15.9. The number of hydrogen-bond acceptors (Lipinski definition) is 6. The number of amides is 1. The summed E-state index contributed by atoms with van der Waals surface area (Å²) in [6.45, 7) is -0.0932. The predicted molar refractivity (Wildman–Crippen MR) is 111 cm³/mol. The molecule has 4 rings (SSSR count). The minimum Gasteiger partial charge on any atom is -0.317 e. The van der Waals surface area contributed by atoms with Crippen molar-refractivity contribution in [3.05, 3.63) is 69.4 Å². The maximum Gasteiger partial charge on any atom is 0.286 e. The van der Waals surface area contributed by atoms with Gasteiger partial charge in [0.15, 0.2) is 0 Å². The summed E-state index contributed by atoms with van der Waals surface area (Å²) in [7, 11) is -3.72. The predicted octanol–water partition coefficient (Wildman–Crippen LogP) is 3.29. The molecule has 0 aliphatic heterocycles. The quantitative estimate of drug-likeness (QED) is 0.605. The van der Waals surface area contributed by atoms with Crippen LogP contribution in [-0.2, 0) is 29.4 Å². The van der Waals surface area contributed by atoms with E-state index in [9.17, 15) is 17.6 Å². The molecule has 0 bridgehead atoms. The minimum absolute atomic E-state index is 0.0150. The van der Waals surface area contributed by atoms with E-state index in [0.29, 0.717) is 5.01 Å². The van der Waals surface area contributed by atoms with E-state index in [4.69, 9.17) is 0 Å². The number of para-hydroxylation sites is 1. The number of benzene rings is 2. The number of rotatable bonds is 6. The number of nitrogens with one attached hydrogen (secondary N) is 2. The molecule has 30 heavy (non-hydrogen) atoms. The second kappa shape index (κ2) is 8.58. The first-order chi connectivity index (χ1) is 14.4. The van der Waals surface area contributed by atoms with Crippen LogP contribution in [0.4, 0.5) is 10.1 Å². The molecule has 156 valence electrons. The zero-order chi connectivity index (χ0) is 21.1. The first-order valence-electron chi connectivity index (χ1n) is 9.42. The second-order valence-electron chi connectivity index (χ2n) is 6.90. The lowest BCUT2D eigenvalue weighted by Crippen LogP contribution is -2.23. The van der Waals surface area contributed by atoms with Crippen LogP contribution in [0.5, 0.6) is 0 Å². The number of hydrogen-bond donors (Lipinski definition) is 2. The van der Waals surface area contributed by atoms with Crippen LogP contribution < -0.4 is 10.0 Å². The monoisotopic (exact) mass is 446 g/mol. The van der Waals surface area contributed by atoms with Gasteiger partial charge in [0.2, 0.25) is 15.0 Å². The Morgan fingerprint density at radius 1 is 1.07 bits per heavy atom. The summed E-state index contributed by atoms with van der Waals surface area (Å²) in [6.07, 6.45) is 4.05. The van der Waals surface area contributed by atoms with E-state index in [2.05, 4.69) is 20.2 Å². The van der Waals surface area contributed by atoms with Gasteiger partial charge in [0.1, 0.15) is 10.8 Å². The molecule has 0 saturated heterocycles. The molecule has 1 amide bonds. The Morgan fingerprint density at radius 2 is 1.83 bits per heavy atom. The van der Waals surface area contributed by atoms with Crippen molar-refractivity contribution in [1.82, 2.24) is 14.9 Å². The van der Waals surface area contributed by atoms with E-state index in [1.54, 1.807) is 18.2 Å². The van der Waals surface area contributed by atoms with Crippen LogP contribution >= 0.6 is 11.3 Å². The Bertz CT molecular complexity index is 1190. The molecule has 0 unspecified atom stereocenters. The summed E-state index contributed by atoms with van der Waals surface area (Å²) in [6, 6.07) is 11.0. The lowest BCUT2D eigenvalue weighted by atomic mass is 9.92. The highest BCUT2D eigenvalue weighted by Gasteiger charge is 2.20. The van der Waals surface area contributed by atoms with Crippen molar-refractivity contribution in [1.29, 1.82) is 0 Å². The van der Waals surface area contributed by atoms with Gasteiger partial charge in [-0.15, -0.1) is 10.2 Å². The van der Waals surface area contributed by atoms with Gasteiger partial charge in [0.25, 0.3) is 5.91 Å². The fourth-order valence-electron chi connectivity index (χ4n) is 3.27. The Morgan fingerprint density at radius 3 is 2.63 bits per heavy atom. The lowest BCUT2D eigenvalue weighted by molar-refractivity contribution is 0.102. The number of anilines is 1. The summed E-state index contributed by atoms with van der Waals surface area (Å²) in [5.41, 5.74) is 2.31. The van der Waals surface area contributed by atoms with Crippen molar-refractivity contribution in [2.45, 2.75) is 37.1 Å². The van der Waals surface area contributed by atoms with Crippen LogP contribution in [0.3, 0.4) is 0 Å². The van der Waals surface area contributed by atoms with Crippen LogP contribution in [0, 0.1) is 5.82 Å². The largest absolute Gasteiger partial charge is 0.317 e. The van der Waals surface area contributed by atoms with Gasteiger partial charge in [-0.05, 0) is 61.1 Å². The number of carbonyl (C=O) groups is 1. The van der Waals surface area contributed by atoms with E-state index in [1.165, 1.54) is 23.8 Å². The van der Waals surface area contributed by atoms with Gasteiger partial charge in [-0.1, -0.05) is 29.5 Å². The maximum absolute atomic E-state index is 13.7. The maximum atomic E-state index is 13.7. The molecule has 1 aliphatic carbocycles. The van der Waals surface area contributed by atoms with Crippen LogP contribution in [0.2, 0.25) is 0 Å². The fourth-order valence-corrected chi connectivity index (χ4v) is 5.08. The van der Waals surface area contributed by atoms with Gasteiger partial charge in [-0.2, -0.15) is 0 Å². The molecule has 0 radical (unpaired) electrons. The number of aromatic nitrogens is 2. The molecule has 0 spiro atoms. The SMILES string of the molecule is O=C(Nc1ccccc1F)c1nnc(CNS(=O)(=O)c2ccc3c(c2)CCCC3)s1. The molecule has 10 heteroatoms. The molecule has 0 atom stereocenters. The summed E-state index contributed by atoms with van der Waals surface area (Å²) >= 11 is 0.941. The average molecular weight is 447 g/mol. The molecule has 3 aromatic rings. The molecular weight excluding hydrogens is 427 g/mol. The molecule has 1 aromatic heterocycles. The molecule has 0 fully saturated rings. The number of fused-ring (bicyclic) bond motifs is 1. The van der Waals surface area contributed by atoms with E-state index >= 15 is 0 Å². The lowest BCUT2D eigenvalue weighted by Gasteiger charge is -2.16. The van der Waals surface area contributed by atoms with E-state index < -0.39 is 21.7 Å². The van der Waals surface area contributed by atoms with Gasteiger partial charge in [0.05, 0.1) is 17.1 Å². The first kappa shape index (κ1) is 20.6. The van der Waals surface area contributed by atoms with E-state index in [0.717, 1.165) is 42.6 Å². The van der Waals surface area contributed by atoms with Gasteiger partial charge in [-0.3, -0.25) is 4.79 Å². The zero-order valence-corrected chi connectivity index (χ0v) is 17.5. The van der Waals surface area contributed by atoms with Gasteiger partial charge < -0.3 is 5.32 Å². The van der Waals surface area contributed by atoms with Crippen LogP contribution in [0.25, 0.3) is 0 Å². The molecule has 7 nitrogen and oxygen atoms in total. The van der Waals surface area contributed by atoms with E-state index in [1.807, 2.05) is 6.07 Å². The molecule has 2 aromatic carbocycles. The fraction of sp³-hybridized carbons (Fsp3) is 0.250. The van der Waals surface area contributed by atoms with Crippen molar-refractivity contribution in [3.63, 3.8) is 0 Å². The Labute approximate surface area is 177 Å². The third-order valence-electron chi connectivity index (χ3n) is 4.83. The van der Waals surface area contributed by atoms with Crippen LogP contribution in [0.15, 0.2) is 47.4 Å². The normalized spacial score (nSPS) is 13.6. The smallest absolute Gasteiger partial charge is 0.286 e. The minimum atomic E-state index is -3.72. The number of sulfonamides is 1. The number of nitrogens with zero attached hydrogens (tertiary/aromatic N) is 2. The standard InChI is InChI=1S/C20H19FN4O3S2/c21-16-7-3-4-8-17(16)23-19(26)20-25-24-18(29-20)12-22-30(27,28)15-10-9-13-5-1-2-6-14(13)11-15/h3-4,7-11,22H,1-2,5-6,12H2,(H,23,26). The number of carbonyl (C=O) groups excluding carboxylic acids is 1. The van der Waals surface area contributed by atoms with Crippen molar-refractivity contribution in [2.24, 2.45) is 0 Å². The summed E-state index contributed by atoms with van der Waals surface area (Å²) in [5.74, 6) is -1.17. The van der Waals surface area contributed by atoms with Crippen molar-refractivity contribution in [3.8, 4) is 0 Å². The van der Waals surface area contributed by atoms with Crippen LogP contribution in [0.1, 0.15) is 38.8 Å². The summed E-state index contributed by atoms with van der Waals surface area (Å²) < 4.78 is 41.4. The van der Waals surface area contributed by atoms with Gasteiger partial charge in [0, 0.05) is 0 Å². The molecule has 1 heterocycles. The number of halogens is 1. The summed E-state index contributed by atoms with van der Waals surface area (Å²) in [5, 5.41) is 10.4.